The molecule has 0 amide bonds. The molecule has 0 bridgehead atoms. The van der Waals surface area contributed by atoms with Crippen molar-refractivity contribution in [1.82, 2.24) is 4.57 Å². The van der Waals surface area contributed by atoms with Gasteiger partial charge in [-0.25, -0.2) is 0 Å². The minimum absolute atomic E-state index is 0.0170. The fraction of sp³-hybridized carbons (Fsp3) is 0.571. The fourth-order valence-corrected chi connectivity index (χ4v) is 3.58. The molecule has 0 atom stereocenters. The number of para-hydroxylation sites is 1. The first-order chi connectivity index (χ1) is 7.58. The highest BCUT2D eigenvalue weighted by atomic mass is 28.3. The smallest absolute Gasteiger partial charge is 0.158 e. The maximum Gasteiger partial charge on any atom is 0.158 e. The summed E-state index contributed by atoms with van der Waals surface area (Å²) in [7, 11) is 2.46. The molecule has 0 aliphatic heterocycles. The molecule has 17 heavy (non-hydrogen) atoms. The minimum atomic E-state index is -1.73. The Morgan fingerprint density at radius 3 is 2.06 bits per heavy atom. The second-order valence-electron chi connectivity index (χ2n) is 6.41. The van der Waals surface area contributed by atoms with E-state index in [-0.39, 0.29) is 5.41 Å². The Labute approximate surface area is 106 Å². The van der Waals surface area contributed by atoms with Crippen LogP contribution in [0.25, 0.3) is 0 Å². The summed E-state index contributed by atoms with van der Waals surface area (Å²) in [4.78, 5) is 0. The highest BCUT2D eigenvalue weighted by Gasteiger charge is 2.31. The van der Waals surface area contributed by atoms with Crippen LogP contribution in [-0.2, 0) is 5.41 Å². The molecular weight excluding hydrogens is 226 g/mol. The summed E-state index contributed by atoms with van der Waals surface area (Å²) in [6, 6.07) is 6.16. The van der Waals surface area contributed by atoms with Crippen molar-refractivity contribution in [3.63, 3.8) is 0 Å². The van der Waals surface area contributed by atoms with E-state index in [1.165, 1.54) is 0 Å². The van der Waals surface area contributed by atoms with Crippen LogP contribution in [0.15, 0.2) is 18.2 Å². The van der Waals surface area contributed by atoms with Crippen LogP contribution in [0.2, 0.25) is 13.1 Å². The molecule has 0 aliphatic rings. The lowest BCUT2D eigenvalue weighted by atomic mass is 9.86. The van der Waals surface area contributed by atoms with Crippen LogP contribution < -0.4 is 5.19 Å². The van der Waals surface area contributed by atoms with Gasteiger partial charge in [0.05, 0.1) is 0 Å². The van der Waals surface area contributed by atoms with E-state index in [2.05, 4.69) is 64.7 Å². The number of benzene rings is 1. The van der Waals surface area contributed by atoms with E-state index < -0.39 is 8.24 Å². The van der Waals surface area contributed by atoms with Gasteiger partial charge in [0.15, 0.2) is 8.24 Å². The average molecular weight is 251 g/mol. The molecule has 0 heterocycles. The highest BCUT2D eigenvalue weighted by molar-refractivity contribution is 6.88. The van der Waals surface area contributed by atoms with Crippen molar-refractivity contribution in [3.05, 3.63) is 23.8 Å². The Bertz CT molecular complexity index is 405. The van der Waals surface area contributed by atoms with E-state index in [1.54, 1.807) is 0 Å². The summed E-state index contributed by atoms with van der Waals surface area (Å²) in [5, 5.41) is 11.6. The van der Waals surface area contributed by atoms with Crippen LogP contribution in [0.3, 0.4) is 0 Å². The van der Waals surface area contributed by atoms with Crippen molar-refractivity contribution in [2.24, 2.45) is 0 Å². The number of rotatable bonds is 2. The van der Waals surface area contributed by atoms with E-state index in [0.717, 1.165) is 10.8 Å². The van der Waals surface area contributed by atoms with Crippen molar-refractivity contribution in [2.45, 2.75) is 39.3 Å². The quantitative estimate of drug-likeness (QED) is 0.817. The lowest BCUT2D eigenvalue weighted by molar-refractivity contribution is 0.449. The third-order valence-electron chi connectivity index (χ3n) is 3.62. The number of phenols is 1. The second kappa shape index (κ2) is 4.46. The topological polar surface area (TPSA) is 23.5 Å². The highest BCUT2D eigenvalue weighted by Crippen LogP contribution is 2.30. The molecular formula is C14H25NOSi. The van der Waals surface area contributed by atoms with E-state index >= 15 is 0 Å². The van der Waals surface area contributed by atoms with Crippen LogP contribution in [0.1, 0.15) is 26.3 Å². The predicted molar refractivity (Wildman–Crippen MR) is 77.6 cm³/mol. The molecule has 1 rings (SSSR count). The zero-order valence-corrected chi connectivity index (χ0v) is 13.1. The number of aromatic hydroxyl groups is 1. The molecule has 96 valence electrons. The van der Waals surface area contributed by atoms with Crippen LogP contribution >= 0.6 is 0 Å². The maximum absolute atomic E-state index is 10.5. The molecule has 1 N–H and O–H groups in total. The van der Waals surface area contributed by atoms with Gasteiger partial charge in [-0.05, 0) is 30.3 Å². The molecule has 0 aliphatic carbocycles. The monoisotopic (exact) mass is 251 g/mol. The second-order valence-corrected chi connectivity index (χ2v) is 11.0. The molecule has 1 aromatic rings. The summed E-state index contributed by atoms with van der Waals surface area (Å²) in [6.45, 7) is 10.9. The molecule has 0 radical (unpaired) electrons. The van der Waals surface area contributed by atoms with Gasteiger partial charge in [-0.15, -0.1) is 0 Å². The molecule has 3 heteroatoms. The molecule has 1 aromatic carbocycles. The van der Waals surface area contributed by atoms with Crippen LogP contribution in [0.5, 0.6) is 5.75 Å². The molecule has 0 saturated carbocycles. The third kappa shape index (κ3) is 2.72. The van der Waals surface area contributed by atoms with Gasteiger partial charge in [0.2, 0.25) is 0 Å². The lowest BCUT2D eigenvalue weighted by Crippen LogP contribution is -2.54. The van der Waals surface area contributed by atoms with Gasteiger partial charge in [0.1, 0.15) is 5.75 Å². The van der Waals surface area contributed by atoms with Crippen molar-refractivity contribution < 1.29 is 5.11 Å². The van der Waals surface area contributed by atoms with Gasteiger partial charge in [-0.3, -0.25) is 0 Å². The van der Waals surface area contributed by atoms with Crippen molar-refractivity contribution in [2.75, 3.05) is 14.1 Å². The summed E-state index contributed by atoms with van der Waals surface area (Å²) in [6.07, 6.45) is 0. The largest absolute Gasteiger partial charge is 0.508 e. The SMILES string of the molecule is CN(C)[Si](C)(C)c1cccc(C(C)(C)C)c1O. The molecule has 2 nitrogen and oxygen atoms in total. The minimum Gasteiger partial charge on any atom is -0.508 e. The van der Waals surface area contributed by atoms with E-state index in [9.17, 15) is 5.11 Å². The predicted octanol–water partition coefficient (Wildman–Crippen LogP) is 2.66. The molecule has 0 unspecified atom stereocenters. The van der Waals surface area contributed by atoms with Crippen molar-refractivity contribution in [3.8, 4) is 5.75 Å². The standard InChI is InChI=1S/C14H25NOSi/c1-14(2,3)11-9-8-10-12(13(11)16)17(6,7)15(4)5/h8-10,16H,1-7H3. The number of phenolic OH excluding ortho intramolecular Hbond substituents is 1. The van der Waals surface area contributed by atoms with Crippen LogP contribution in [-0.4, -0.2) is 32.0 Å². The van der Waals surface area contributed by atoms with Crippen molar-refractivity contribution in [1.29, 1.82) is 0 Å². The lowest BCUT2D eigenvalue weighted by Gasteiger charge is -2.33. The van der Waals surface area contributed by atoms with E-state index in [4.69, 9.17) is 0 Å². The Morgan fingerprint density at radius 2 is 1.65 bits per heavy atom. The fourth-order valence-electron chi connectivity index (χ4n) is 1.88. The summed E-state index contributed by atoms with van der Waals surface area (Å²) >= 11 is 0. The Kier molecular flexibility index (Phi) is 3.74. The molecule has 0 aromatic heterocycles. The van der Waals surface area contributed by atoms with Gasteiger partial charge in [-0.1, -0.05) is 52.1 Å². The maximum atomic E-state index is 10.5. The molecule has 0 spiro atoms. The number of hydrogen-bond donors (Lipinski definition) is 1. The first-order valence-electron chi connectivity index (χ1n) is 6.09. The van der Waals surface area contributed by atoms with Crippen LogP contribution in [0.4, 0.5) is 0 Å². The molecule has 0 fully saturated rings. The van der Waals surface area contributed by atoms with Crippen LogP contribution in [0, 0.1) is 0 Å². The normalized spacial score (nSPS) is 13.2. The van der Waals surface area contributed by atoms with Gasteiger partial charge in [0.25, 0.3) is 0 Å². The third-order valence-corrected chi connectivity index (χ3v) is 7.58. The van der Waals surface area contributed by atoms with E-state index in [1.807, 2.05) is 6.07 Å². The van der Waals surface area contributed by atoms with Gasteiger partial charge >= 0.3 is 0 Å². The summed E-state index contributed by atoms with van der Waals surface area (Å²) in [5.41, 5.74) is 1.02. The van der Waals surface area contributed by atoms with Gasteiger partial charge < -0.3 is 9.67 Å². The summed E-state index contributed by atoms with van der Waals surface area (Å²) < 4.78 is 2.26. The first-order valence-corrected chi connectivity index (χ1v) is 9.03. The Hall–Kier alpha value is -0.803. The Morgan fingerprint density at radius 1 is 1.12 bits per heavy atom. The zero-order valence-electron chi connectivity index (χ0n) is 12.1. The summed E-state index contributed by atoms with van der Waals surface area (Å²) in [5.74, 6) is 0.491. The van der Waals surface area contributed by atoms with Crippen molar-refractivity contribution >= 4 is 13.4 Å². The Balaban J connectivity index is 3.39. The van der Waals surface area contributed by atoms with Gasteiger partial charge in [-0.2, -0.15) is 0 Å². The first kappa shape index (κ1) is 14.3. The average Bonchev–Trinajstić information content (AvgIpc) is 2.15. The zero-order chi connectivity index (χ0) is 13.4. The molecule has 0 saturated heterocycles. The number of hydrogen-bond acceptors (Lipinski definition) is 2. The van der Waals surface area contributed by atoms with Gasteiger partial charge in [0, 0.05) is 0 Å². The van der Waals surface area contributed by atoms with E-state index in [0.29, 0.717) is 5.75 Å². The number of nitrogens with zero attached hydrogens (tertiary/aromatic N) is 1.